The molecule has 1 aliphatic heterocycles. The van der Waals surface area contributed by atoms with E-state index in [1.165, 1.54) is 6.92 Å². The molecule has 0 saturated carbocycles. The number of hydrogen-bond acceptors (Lipinski definition) is 3. The Bertz CT molecular complexity index is 662. The van der Waals surface area contributed by atoms with Gasteiger partial charge in [0, 0.05) is 39.6 Å². The van der Waals surface area contributed by atoms with Crippen LogP contribution >= 0.6 is 0 Å². The Hall–Kier alpha value is -2.37. The maximum Gasteiger partial charge on any atom is 0.237 e. The van der Waals surface area contributed by atoms with Crippen LogP contribution in [0.2, 0.25) is 0 Å². The minimum Gasteiger partial charge on any atom is -0.351 e. The number of rotatable bonds is 4. The van der Waals surface area contributed by atoms with Crippen molar-refractivity contribution in [2.75, 3.05) is 26.2 Å². The molecular weight excluding hydrogens is 318 g/mol. The second-order valence-corrected chi connectivity index (χ2v) is 7.09. The van der Waals surface area contributed by atoms with Crippen LogP contribution in [0.5, 0.6) is 0 Å². The quantitative estimate of drug-likeness (QED) is 0.837. The van der Waals surface area contributed by atoms with Gasteiger partial charge < -0.3 is 15.1 Å². The van der Waals surface area contributed by atoms with E-state index in [0.29, 0.717) is 32.7 Å². The molecule has 1 fully saturated rings. The van der Waals surface area contributed by atoms with Gasteiger partial charge in [0.25, 0.3) is 0 Å². The smallest absolute Gasteiger partial charge is 0.237 e. The van der Waals surface area contributed by atoms with Crippen molar-refractivity contribution in [2.24, 2.45) is 5.41 Å². The first kappa shape index (κ1) is 19.0. The Morgan fingerprint density at radius 1 is 1.08 bits per heavy atom. The van der Waals surface area contributed by atoms with Crippen molar-refractivity contribution in [1.29, 1.82) is 0 Å². The third-order valence-electron chi connectivity index (χ3n) is 4.65. The molecule has 25 heavy (non-hydrogen) atoms. The van der Waals surface area contributed by atoms with Crippen LogP contribution in [0.15, 0.2) is 24.3 Å². The van der Waals surface area contributed by atoms with Gasteiger partial charge in [-0.15, -0.1) is 0 Å². The van der Waals surface area contributed by atoms with E-state index in [-0.39, 0.29) is 17.7 Å². The number of piperazine rings is 1. The molecule has 0 aromatic heterocycles. The highest BCUT2D eigenvalue weighted by Crippen LogP contribution is 2.21. The van der Waals surface area contributed by atoms with Crippen molar-refractivity contribution in [3.05, 3.63) is 35.4 Å². The second kappa shape index (κ2) is 7.68. The van der Waals surface area contributed by atoms with Gasteiger partial charge in [0.15, 0.2) is 0 Å². The van der Waals surface area contributed by atoms with Crippen molar-refractivity contribution < 1.29 is 14.4 Å². The highest BCUT2D eigenvalue weighted by atomic mass is 16.2. The van der Waals surface area contributed by atoms with Gasteiger partial charge in [0.1, 0.15) is 5.41 Å². The van der Waals surface area contributed by atoms with Crippen molar-refractivity contribution in [3.63, 3.8) is 0 Å². The van der Waals surface area contributed by atoms with E-state index in [9.17, 15) is 14.4 Å². The Labute approximate surface area is 149 Å². The molecule has 1 heterocycles. The predicted molar refractivity (Wildman–Crippen MR) is 95.6 cm³/mol. The molecule has 3 amide bonds. The number of benzene rings is 1. The summed E-state index contributed by atoms with van der Waals surface area (Å²) in [5.41, 5.74) is 1.000. The average molecular weight is 345 g/mol. The van der Waals surface area contributed by atoms with Crippen molar-refractivity contribution in [1.82, 2.24) is 15.1 Å². The predicted octanol–water partition coefficient (Wildman–Crippen LogP) is 1.33. The fourth-order valence-electron chi connectivity index (χ4n) is 2.94. The zero-order chi connectivity index (χ0) is 18.6. The second-order valence-electron chi connectivity index (χ2n) is 7.09. The zero-order valence-electron chi connectivity index (χ0n) is 15.5. The molecule has 1 aliphatic rings. The fourth-order valence-corrected chi connectivity index (χ4v) is 2.94. The third-order valence-corrected chi connectivity index (χ3v) is 4.65. The molecular formula is C19H27N3O3. The summed E-state index contributed by atoms with van der Waals surface area (Å²) in [5, 5.41) is 2.86. The van der Waals surface area contributed by atoms with E-state index in [4.69, 9.17) is 0 Å². The lowest BCUT2D eigenvalue weighted by Gasteiger charge is -2.37. The maximum atomic E-state index is 12.8. The van der Waals surface area contributed by atoms with Crippen molar-refractivity contribution in [2.45, 2.75) is 34.2 Å². The number of hydrogen-bond donors (Lipinski definition) is 1. The summed E-state index contributed by atoms with van der Waals surface area (Å²) >= 11 is 0. The molecule has 0 radical (unpaired) electrons. The van der Waals surface area contributed by atoms with Crippen molar-refractivity contribution in [3.8, 4) is 0 Å². The van der Waals surface area contributed by atoms with Crippen LogP contribution in [-0.2, 0) is 20.9 Å². The summed E-state index contributed by atoms with van der Waals surface area (Å²) < 4.78 is 0. The minimum atomic E-state index is -1.14. The first-order chi connectivity index (χ1) is 11.7. The topological polar surface area (TPSA) is 69.7 Å². The van der Waals surface area contributed by atoms with E-state index in [1.807, 2.05) is 31.2 Å². The lowest BCUT2D eigenvalue weighted by atomic mass is 9.89. The van der Waals surface area contributed by atoms with Gasteiger partial charge in [-0.1, -0.05) is 29.8 Å². The fraction of sp³-hybridized carbons (Fsp3) is 0.526. The number of carbonyl (C=O) groups is 3. The van der Waals surface area contributed by atoms with Crippen LogP contribution in [0.4, 0.5) is 0 Å². The van der Waals surface area contributed by atoms with Gasteiger partial charge in [-0.2, -0.15) is 0 Å². The molecule has 0 unspecified atom stereocenters. The number of nitrogens with zero attached hydrogens (tertiary/aromatic N) is 2. The van der Waals surface area contributed by atoms with Crippen LogP contribution < -0.4 is 5.32 Å². The summed E-state index contributed by atoms with van der Waals surface area (Å²) in [6.45, 7) is 9.19. The van der Waals surface area contributed by atoms with E-state index in [0.717, 1.165) is 11.1 Å². The highest BCUT2D eigenvalue weighted by molar-refractivity contribution is 6.04. The summed E-state index contributed by atoms with van der Waals surface area (Å²) in [6.07, 6.45) is 0. The van der Waals surface area contributed by atoms with Crippen LogP contribution in [0.25, 0.3) is 0 Å². The Morgan fingerprint density at radius 2 is 1.68 bits per heavy atom. The molecule has 1 saturated heterocycles. The summed E-state index contributed by atoms with van der Waals surface area (Å²) in [4.78, 5) is 40.1. The average Bonchev–Trinajstić information content (AvgIpc) is 2.59. The molecule has 0 spiro atoms. The summed E-state index contributed by atoms with van der Waals surface area (Å²) in [6, 6.07) is 7.90. The van der Waals surface area contributed by atoms with Crippen LogP contribution in [0.3, 0.4) is 0 Å². The van der Waals surface area contributed by atoms with Gasteiger partial charge in [-0.3, -0.25) is 14.4 Å². The minimum absolute atomic E-state index is 0.0160. The zero-order valence-corrected chi connectivity index (χ0v) is 15.5. The standard InChI is InChI=1S/C19H27N3O3/c1-14-6-5-7-16(12-14)13-20-17(24)19(3,4)18(25)22-10-8-21(9-11-22)15(2)23/h5-7,12H,8-11,13H2,1-4H3,(H,20,24). The lowest BCUT2D eigenvalue weighted by molar-refractivity contribution is -0.151. The van der Waals surface area contributed by atoms with Crippen LogP contribution in [0.1, 0.15) is 31.9 Å². The molecule has 136 valence electrons. The van der Waals surface area contributed by atoms with Gasteiger partial charge in [-0.05, 0) is 26.3 Å². The van der Waals surface area contributed by atoms with E-state index in [2.05, 4.69) is 5.32 Å². The van der Waals surface area contributed by atoms with E-state index >= 15 is 0 Å². The first-order valence-electron chi connectivity index (χ1n) is 8.60. The Kier molecular flexibility index (Phi) is 5.82. The molecule has 0 aliphatic carbocycles. The van der Waals surface area contributed by atoms with Crippen LogP contribution in [-0.4, -0.2) is 53.7 Å². The summed E-state index contributed by atoms with van der Waals surface area (Å²) in [7, 11) is 0. The normalized spacial score (nSPS) is 15.0. The Morgan fingerprint density at radius 3 is 2.24 bits per heavy atom. The van der Waals surface area contributed by atoms with E-state index in [1.54, 1.807) is 23.6 Å². The molecule has 0 atom stereocenters. The van der Waals surface area contributed by atoms with Gasteiger partial charge >= 0.3 is 0 Å². The van der Waals surface area contributed by atoms with Gasteiger partial charge in [-0.25, -0.2) is 0 Å². The number of aryl methyl sites for hydroxylation is 1. The molecule has 1 aromatic rings. The van der Waals surface area contributed by atoms with E-state index < -0.39 is 5.41 Å². The van der Waals surface area contributed by atoms with Gasteiger partial charge in [0.05, 0.1) is 0 Å². The SMILES string of the molecule is CC(=O)N1CCN(C(=O)C(C)(C)C(=O)NCc2cccc(C)c2)CC1. The van der Waals surface area contributed by atoms with Gasteiger partial charge in [0.2, 0.25) is 17.7 Å². The highest BCUT2D eigenvalue weighted by Gasteiger charge is 2.40. The number of nitrogens with one attached hydrogen (secondary N) is 1. The summed E-state index contributed by atoms with van der Waals surface area (Å²) in [5.74, 6) is -0.465. The molecule has 6 heteroatoms. The maximum absolute atomic E-state index is 12.8. The lowest BCUT2D eigenvalue weighted by Crippen LogP contribution is -2.56. The molecule has 6 nitrogen and oxygen atoms in total. The number of amides is 3. The molecule has 0 bridgehead atoms. The number of carbonyl (C=O) groups excluding carboxylic acids is 3. The molecule has 1 aromatic carbocycles. The monoisotopic (exact) mass is 345 g/mol. The molecule has 2 rings (SSSR count). The largest absolute Gasteiger partial charge is 0.351 e. The van der Waals surface area contributed by atoms with Crippen molar-refractivity contribution >= 4 is 17.7 Å². The first-order valence-corrected chi connectivity index (χ1v) is 8.60. The van der Waals surface area contributed by atoms with Crippen LogP contribution in [0, 0.1) is 12.3 Å². The Balaban J connectivity index is 1.93. The molecule has 1 N–H and O–H groups in total. The third kappa shape index (κ3) is 4.59.